The van der Waals surface area contributed by atoms with Crippen molar-refractivity contribution in [2.75, 3.05) is 6.61 Å². The summed E-state index contributed by atoms with van der Waals surface area (Å²) in [5.74, 6) is -0.548. The lowest BCUT2D eigenvalue weighted by Gasteiger charge is -2.12. The Balaban J connectivity index is 2.77. The highest BCUT2D eigenvalue weighted by Crippen LogP contribution is 2.34. The Kier molecular flexibility index (Phi) is 5.13. The number of esters is 1. The van der Waals surface area contributed by atoms with E-state index in [0.717, 1.165) is 0 Å². The van der Waals surface area contributed by atoms with Crippen molar-refractivity contribution >= 4 is 43.7 Å². The van der Waals surface area contributed by atoms with Gasteiger partial charge in [0.25, 0.3) is 0 Å². The molecule has 0 bridgehead atoms. The van der Waals surface area contributed by atoms with E-state index < -0.39 is 20.5 Å². The molecule has 6 nitrogen and oxygen atoms in total. The van der Waals surface area contributed by atoms with Crippen molar-refractivity contribution in [2.24, 2.45) is 0 Å². The SMILES string of the molecule is CCOC(=O)[C@@H](Br)[C@@H](Br)c1ccc([N+](=O)[O-])o1. The summed E-state index contributed by atoms with van der Waals surface area (Å²) < 4.78 is 9.78. The molecule has 0 unspecified atom stereocenters. The lowest BCUT2D eigenvalue weighted by Crippen LogP contribution is -2.21. The summed E-state index contributed by atoms with van der Waals surface area (Å²) in [5.41, 5.74) is 0. The van der Waals surface area contributed by atoms with Crippen LogP contribution in [0, 0.1) is 10.1 Å². The molecule has 0 aliphatic rings. The van der Waals surface area contributed by atoms with Crippen LogP contribution in [0.1, 0.15) is 17.5 Å². The van der Waals surface area contributed by atoms with Gasteiger partial charge in [-0.15, -0.1) is 0 Å². The van der Waals surface area contributed by atoms with Crippen LogP contribution in [0.25, 0.3) is 0 Å². The minimum absolute atomic E-state index is 0.263. The Bertz CT molecular complexity index is 419. The van der Waals surface area contributed by atoms with E-state index in [2.05, 4.69) is 31.9 Å². The molecule has 0 aromatic carbocycles. The minimum atomic E-state index is -0.673. The monoisotopic (exact) mass is 369 g/mol. The number of carbonyl (C=O) groups excluding carboxylic acids is 1. The first-order chi connectivity index (χ1) is 7.97. The van der Waals surface area contributed by atoms with Crippen molar-refractivity contribution in [3.63, 3.8) is 0 Å². The van der Waals surface area contributed by atoms with E-state index in [9.17, 15) is 14.9 Å². The van der Waals surface area contributed by atoms with Crippen molar-refractivity contribution in [1.29, 1.82) is 0 Å². The summed E-state index contributed by atoms with van der Waals surface area (Å²) in [6, 6.07) is 2.67. The first-order valence-electron chi connectivity index (χ1n) is 4.66. The normalized spacial score (nSPS) is 14.1. The zero-order chi connectivity index (χ0) is 13.0. The lowest BCUT2D eigenvalue weighted by molar-refractivity contribution is -0.402. The molecule has 1 rings (SSSR count). The van der Waals surface area contributed by atoms with E-state index in [-0.39, 0.29) is 18.3 Å². The number of carbonyl (C=O) groups is 1. The molecule has 0 saturated carbocycles. The molecule has 0 amide bonds. The number of furan rings is 1. The van der Waals surface area contributed by atoms with Gasteiger partial charge in [-0.1, -0.05) is 31.9 Å². The molecule has 1 heterocycles. The van der Waals surface area contributed by atoms with Crippen LogP contribution in [-0.4, -0.2) is 22.3 Å². The highest BCUT2D eigenvalue weighted by Gasteiger charge is 2.29. The number of hydrogen-bond acceptors (Lipinski definition) is 5. The number of rotatable bonds is 5. The summed E-state index contributed by atoms with van der Waals surface area (Å²) in [4.78, 5) is 20.0. The van der Waals surface area contributed by atoms with Crippen molar-refractivity contribution in [3.8, 4) is 0 Å². The summed E-state index contributed by atoms with van der Waals surface area (Å²) in [7, 11) is 0. The van der Waals surface area contributed by atoms with Crippen LogP contribution in [0.2, 0.25) is 0 Å². The van der Waals surface area contributed by atoms with Crippen molar-refractivity contribution in [2.45, 2.75) is 16.6 Å². The fourth-order valence-electron chi connectivity index (χ4n) is 1.07. The van der Waals surface area contributed by atoms with E-state index in [1.165, 1.54) is 12.1 Å². The van der Waals surface area contributed by atoms with Crippen LogP contribution in [0.5, 0.6) is 0 Å². The number of alkyl halides is 2. The maximum Gasteiger partial charge on any atom is 0.433 e. The quantitative estimate of drug-likeness (QED) is 0.344. The summed E-state index contributed by atoms with van der Waals surface area (Å²) >= 11 is 6.36. The fraction of sp³-hybridized carbons (Fsp3) is 0.444. The second-order valence-electron chi connectivity index (χ2n) is 2.99. The smallest absolute Gasteiger partial charge is 0.433 e. The minimum Gasteiger partial charge on any atom is -0.465 e. The summed E-state index contributed by atoms with van der Waals surface area (Å²) in [6.07, 6.45) is 0. The van der Waals surface area contributed by atoms with Crippen LogP contribution in [0.4, 0.5) is 5.88 Å². The van der Waals surface area contributed by atoms with Gasteiger partial charge in [-0.3, -0.25) is 14.9 Å². The summed E-state index contributed by atoms with van der Waals surface area (Å²) in [5, 5.41) is 10.4. The van der Waals surface area contributed by atoms with Crippen LogP contribution >= 0.6 is 31.9 Å². The maximum absolute atomic E-state index is 11.4. The second kappa shape index (κ2) is 6.15. The first kappa shape index (κ1) is 14.2. The van der Waals surface area contributed by atoms with E-state index >= 15 is 0 Å². The Morgan fingerprint density at radius 1 is 1.59 bits per heavy atom. The van der Waals surface area contributed by atoms with Gasteiger partial charge in [0.2, 0.25) is 0 Å². The Hall–Kier alpha value is -0.890. The molecule has 17 heavy (non-hydrogen) atoms. The highest BCUT2D eigenvalue weighted by atomic mass is 79.9. The van der Waals surface area contributed by atoms with Gasteiger partial charge in [0, 0.05) is 0 Å². The largest absolute Gasteiger partial charge is 0.465 e. The molecular formula is C9H9Br2NO5. The number of nitro groups is 1. The zero-order valence-corrected chi connectivity index (χ0v) is 11.9. The fourth-order valence-corrected chi connectivity index (χ4v) is 1.93. The van der Waals surface area contributed by atoms with Gasteiger partial charge in [0.15, 0.2) is 0 Å². The van der Waals surface area contributed by atoms with E-state index in [1.54, 1.807) is 6.92 Å². The predicted octanol–water partition coefficient (Wildman–Crippen LogP) is 2.95. The van der Waals surface area contributed by atoms with Crippen LogP contribution < -0.4 is 0 Å². The maximum atomic E-state index is 11.4. The lowest BCUT2D eigenvalue weighted by atomic mass is 10.2. The predicted molar refractivity (Wildman–Crippen MR) is 66.4 cm³/mol. The third kappa shape index (κ3) is 3.53. The average molecular weight is 371 g/mol. The number of halogens is 2. The van der Waals surface area contributed by atoms with Gasteiger partial charge >= 0.3 is 11.9 Å². The molecule has 0 radical (unpaired) electrons. The van der Waals surface area contributed by atoms with Crippen LogP contribution in [-0.2, 0) is 9.53 Å². The van der Waals surface area contributed by atoms with Crippen molar-refractivity contribution in [1.82, 2.24) is 0 Å². The molecule has 0 aliphatic carbocycles. The molecule has 0 spiro atoms. The van der Waals surface area contributed by atoms with Gasteiger partial charge in [-0.2, -0.15) is 0 Å². The molecule has 2 atom stereocenters. The van der Waals surface area contributed by atoms with Gasteiger partial charge in [-0.25, -0.2) is 0 Å². The van der Waals surface area contributed by atoms with E-state index in [1.807, 2.05) is 0 Å². The average Bonchev–Trinajstić information content (AvgIpc) is 2.76. The Morgan fingerprint density at radius 3 is 2.71 bits per heavy atom. The molecule has 0 aliphatic heterocycles. The standard InChI is InChI=1S/C9H9Br2NO5/c1-2-16-9(13)8(11)7(10)5-3-4-6(17-5)12(14)15/h3-4,7-8H,2H2,1H3/t7-,8-/m0/s1. The van der Waals surface area contributed by atoms with Crippen LogP contribution in [0.15, 0.2) is 16.5 Å². The highest BCUT2D eigenvalue weighted by molar-refractivity contribution is 9.12. The van der Waals surface area contributed by atoms with E-state index in [0.29, 0.717) is 0 Å². The van der Waals surface area contributed by atoms with Gasteiger partial charge in [-0.05, 0) is 13.0 Å². The molecule has 0 fully saturated rings. The Morgan fingerprint density at radius 2 is 2.24 bits per heavy atom. The molecular weight excluding hydrogens is 362 g/mol. The first-order valence-corrected chi connectivity index (χ1v) is 6.49. The molecule has 94 valence electrons. The topological polar surface area (TPSA) is 82.6 Å². The number of hydrogen-bond donors (Lipinski definition) is 0. The van der Waals surface area contributed by atoms with Crippen LogP contribution in [0.3, 0.4) is 0 Å². The summed E-state index contributed by atoms with van der Waals surface area (Å²) in [6.45, 7) is 1.96. The Labute approximate surface area is 114 Å². The van der Waals surface area contributed by atoms with Gasteiger partial charge < -0.3 is 9.15 Å². The zero-order valence-electron chi connectivity index (χ0n) is 8.76. The van der Waals surface area contributed by atoms with Gasteiger partial charge in [0.05, 0.1) is 17.5 Å². The molecule has 1 aromatic heterocycles. The molecule has 0 saturated heterocycles. The molecule has 8 heteroatoms. The third-order valence-electron chi connectivity index (χ3n) is 1.83. The van der Waals surface area contributed by atoms with Crippen molar-refractivity contribution in [3.05, 3.63) is 28.0 Å². The van der Waals surface area contributed by atoms with Crippen molar-refractivity contribution < 1.29 is 18.9 Å². The molecule has 0 N–H and O–H groups in total. The van der Waals surface area contributed by atoms with E-state index in [4.69, 9.17) is 9.15 Å². The molecule has 1 aromatic rings. The number of nitrogens with zero attached hydrogens (tertiary/aromatic N) is 1. The number of ether oxygens (including phenoxy) is 1. The second-order valence-corrected chi connectivity index (χ2v) is 4.96. The third-order valence-corrected chi connectivity index (χ3v) is 4.42. The van der Waals surface area contributed by atoms with Gasteiger partial charge in [0.1, 0.15) is 15.5 Å².